The fourth-order valence-corrected chi connectivity index (χ4v) is 2.25. The third kappa shape index (κ3) is 2.69. The van der Waals surface area contributed by atoms with Crippen molar-refractivity contribution in [3.05, 3.63) is 35.9 Å². The van der Waals surface area contributed by atoms with Gasteiger partial charge in [0.25, 0.3) is 0 Å². The van der Waals surface area contributed by atoms with Gasteiger partial charge >= 0.3 is 6.18 Å². The molecule has 0 bridgehead atoms. The lowest BCUT2D eigenvalue weighted by Crippen LogP contribution is -2.57. The molecule has 0 aliphatic carbocycles. The third-order valence-electron chi connectivity index (χ3n) is 3.20. The summed E-state index contributed by atoms with van der Waals surface area (Å²) < 4.78 is 40.7. The highest BCUT2D eigenvalue weighted by Crippen LogP contribution is 2.44. The highest BCUT2D eigenvalue weighted by Gasteiger charge is 2.57. The van der Waals surface area contributed by atoms with E-state index in [0.29, 0.717) is 13.0 Å². The van der Waals surface area contributed by atoms with Gasteiger partial charge in [0.05, 0.1) is 0 Å². The molecule has 1 nitrogen and oxygen atoms in total. The van der Waals surface area contributed by atoms with Gasteiger partial charge in [0.1, 0.15) is 5.54 Å². The molecule has 0 aromatic heterocycles. The molecule has 1 atom stereocenters. The number of halogens is 3. The highest BCUT2D eigenvalue weighted by molar-refractivity contribution is 5.27. The van der Waals surface area contributed by atoms with Gasteiger partial charge < -0.3 is 0 Å². The van der Waals surface area contributed by atoms with Crippen LogP contribution < -0.4 is 5.32 Å². The van der Waals surface area contributed by atoms with Gasteiger partial charge in [0.15, 0.2) is 0 Å². The monoisotopic (exact) mass is 259 g/mol. The van der Waals surface area contributed by atoms with E-state index in [9.17, 15) is 13.2 Å². The minimum atomic E-state index is -4.32. The molecule has 0 saturated carbocycles. The second-order valence-corrected chi connectivity index (χ2v) is 4.75. The fraction of sp³-hybridized carbons (Fsp3) is 0.571. The Labute approximate surface area is 106 Å². The Balaban J connectivity index is 3.30. The normalized spacial score (nSPS) is 15.7. The number of nitrogens with one attached hydrogen (secondary N) is 1. The second-order valence-electron chi connectivity index (χ2n) is 4.75. The van der Waals surface area contributed by atoms with Crippen molar-refractivity contribution in [2.75, 3.05) is 6.54 Å². The van der Waals surface area contributed by atoms with Crippen molar-refractivity contribution in [2.45, 2.75) is 38.9 Å². The Morgan fingerprint density at radius 3 is 2.06 bits per heavy atom. The highest BCUT2D eigenvalue weighted by atomic mass is 19.4. The number of hydrogen-bond donors (Lipinski definition) is 1. The van der Waals surface area contributed by atoms with E-state index >= 15 is 0 Å². The summed E-state index contributed by atoms with van der Waals surface area (Å²) in [5.74, 6) is -0.577. The van der Waals surface area contributed by atoms with Crippen LogP contribution in [0.3, 0.4) is 0 Å². The van der Waals surface area contributed by atoms with E-state index < -0.39 is 17.6 Å². The topological polar surface area (TPSA) is 12.0 Å². The zero-order chi connectivity index (χ0) is 13.8. The summed E-state index contributed by atoms with van der Waals surface area (Å²) in [5.41, 5.74) is -1.69. The van der Waals surface area contributed by atoms with Crippen molar-refractivity contribution in [1.82, 2.24) is 5.32 Å². The summed E-state index contributed by atoms with van der Waals surface area (Å²) in [5, 5.41) is 2.71. The Hall–Kier alpha value is -1.03. The molecular weight excluding hydrogens is 239 g/mol. The molecule has 0 heterocycles. The maximum atomic E-state index is 13.6. The van der Waals surface area contributed by atoms with Crippen LogP contribution in [0.1, 0.15) is 32.8 Å². The van der Waals surface area contributed by atoms with Crippen LogP contribution in [0.5, 0.6) is 0 Å². The summed E-state index contributed by atoms with van der Waals surface area (Å²) in [7, 11) is 0. The average molecular weight is 259 g/mol. The Morgan fingerprint density at radius 2 is 1.67 bits per heavy atom. The van der Waals surface area contributed by atoms with Crippen LogP contribution in [-0.2, 0) is 5.54 Å². The summed E-state index contributed by atoms with van der Waals surface area (Å²) in [6, 6.07) is 8.09. The van der Waals surface area contributed by atoms with Crippen LogP contribution >= 0.6 is 0 Å². The van der Waals surface area contributed by atoms with Crippen molar-refractivity contribution in [3.63, 3.8) is 0 Å². The van der Waals surface area contributed by atoms with E-state index in [1.807, 2.05) is 6.92 Å². The van der Waals surface area contributed by atoms with Gasteiger partial charge in [-0.2, -0.15) is 13.2 Å². The SMILES string of the molecule is CCCNC(c1ccccc1)(C(C)C)C(F)(F)F. The van der Waals surface area contributed by atoms with Crippen LogP contribution in [0.4, 0.5) is 13.2 Å². The zero-order valence-electron chi connectivity index (χ0n) is 11.0. The van der Waals surface area contributed by atoms with Gasteiger partial charge in [0.2, 0.25) is 0 Å². The predicted molar refractivity (Wildman–Crippen MR) is 67.3 cm³/mol. The summed E-state index contributed by atoms with van der Waals surface area (Å²) in [4.78, 5) is 0. The molecule has 0 saturated heterocycles. The quantitative estimate of drug-likeness (QED) is 0.839. The van der Waals surface area contributed by atoms with E-state index in [2.05, 4.69) is 5.32 Å². The van der Waals surface area contributed by atoms with Crippen molar-refractivity contribution < 1.29 is 13.2 Å². The predicted octanol–water partition coefficient (Wildman–Crippen LogP) is 4.10. The lowest BCUT2D eigenvalue weighted by Gasteiger charge is -2.40. The summed E-state index contributed by atoms with van der Waals surface area (Å²) >= 11 is 0. The molecule has 4 heteroatoms. The molecule has 18 heavy (non-hydrogen) atoms. The molecule has 1 unspecified atom stereocenters. The number of rotatable bonds is 5. The molecule has 0 fully saturated rings. The molecule has 1 aromatic rings. The van der Waals surface area contributed by atoms with Crippen LogP contribution in [0.25, 0.3) is 0 Å². The maximum absolute atomic E-state index is 13.6. The molecular formula is C14H20F3N. The zero-order valence-corrected chi connectivity index (χ0v) is 11.0. The minimum absolute atomic E-state index is 0.279. The lowest BCUT2D eigenvalue weighted by atomic mass is 9.79. The fourth-order valence-electron chi connectivity index (χ4n) is 2.25. The molecule has 0 spiro atoms. The van der Waals surface area contributed by atoms with Gasteiger partial charge in [-0.05, 0) is 24.4 Å². The summed E-state index contributed by atoms with van der Waals surface area (Å²) in [6.07, 6.45) is -3.66. The number of alkyl halides is 3. The van der Waals surface area contributed by atoms with Gasteiger partial charge in [-0.1, -0.05) is 51.1 Å². The van der Waals surface area contributed by atoms with E-state index in [1.165, 1.54) is 12.1 Å². The first-order valence-electron chi connectivity index (χ1n) is 6.23. The largest absolute Gasteiger partial charge is 0.411 e. The first kappa shape index (κ1) is 15.0. The van der Waals surface area contributed by atoms with E-state index in [-0.39, 0.29) is 5.56 Å². The van der Waals surface area contributed by atoms with Gasteiger partial charge in [-0.3, -0.25) is 5.32 Å². The molecule has 0 aliphatic rings. The van der Waals surface area contributed by atoms with Crippen molar-refractivity contribution in [1.29, 1.82) is 0 Å². The van der Waals surface area contributed by atoms with Crippen LogP contribution in [0.15, 0.2) is 30.3 Å². The second kappa shape index (κ2) is 5.74. The van der Waals surface area contributed by atoms with Crippen LogP contribution in [0, 0.1) is 5.92 Å². The van der Waals surface area contributed by atoms with Crippen molar-refractivity contribution in [2.24, 2.45) is 5.92 Å². The van der Waals surface area contributed by atoms with Crippen molar-refractivity contribution >= 4 is 0 Å². The molecule has 0 amide bonds. The van der Waals surface area contributed by atoms with Crippen molar-refractivity contribution in [3.8, 4) is 0 Å². The molecule has 102 valence electrons. The molecule has 1 aromatic carbocycles. The molecule has 0 aliphatic heterocycles. The molecule has 0 radical (unpaired) electrons. The average Bonchev–Trinajstić information content (AvgIpc) is 2.29. The van der Waals surface area contributed by atoms with E-state index in [4.69, 9.17) is 0 Å². The number of benzene rings is 1. The Kier molecular flexibility index (Phi) is 4.79. The Morgan fingerprint density at radius 1 is 1.11 bits per heavy atom. The van der Waals surface area contributed by atoms with Crippen LogP contribution in [-0.4, -0.2) is 12.7 Å². The first-order valence-corrected chi connectivity index (χ1v) is 6.23. The first-order chi connectivity index (χ1) is 8.36. The standard InChI is InChI=1S/C14H20F3N/c1-4-10-18-13(11(2)3,14(15,16)17)12-8-6-5-7-9-12/h5-9,11,18H,4,10H2,1-3H3. The summed E-state index contributed by atoms with van der Waals surface area (Å²) in [6.45, 7) is 5.40. The molecule has 1 N–H and O–H groups in total. The van der Waals surface area contributed by atoms with Crippen LogP contribution in [0.2, 0.25) is 0 Å². The van der Waals surface area contributed by atoms with E-state index in [1.54, 1.807) is 32.0 Å². The number of hydrogen-bond acceptors (Lipinski definition) is 1. The Bertz CT molecular complexity index is 359. The lowest BCUT2D eigenvalue weighted by molar-refractivity contribution is -0.214. The maximum Gasteiger partial charge on any atom is 0.411 e. The molecule has 1 rings (SSSR count). The third-order valence-corrected chi connectivity index (χ3v) is 3.20. The van der Waals surface area contributed by atoms with Gasteiger partial charge in [-0.25, -0.2) is 0 Å². The van der Waals surface area contributed by atoms with Gasteiger partial charge in [-0.15, -0.1) is 0 Å². The van der Waals surface area contributed by atoms with E-state index in [0.717, 1.165) is 0 Å². The minimum Gasteiger partial charge on any atom is -0.300 e. The van der Waals surface area contributed by atoms with Gasteiger partial charge in [0, 0.05) is 0 Å². The smallest absolute Gasteiger partial charge is 0.300 e.